The highest BCUT2D eigenvalue weighted by Gasteiger charge is 2.56. The maximum atomic E-state index is 16.2. The number of amides is 1. The Balaban J connectivity index is 1.80. The molecule has 7 atom stereocenters. The number of halogens is 1. The number of alkyl carbamates (subject to hydrolysis) is 1. The zero-order chi connectivity index (χ0) is 39.7. The van der Waals surface area contributed by atoms with Crippen LogP contribution < -0.4 is 26.2 Å². The van der Waals surface area contributed by atoms with Gasteiger partial charge in [-0.2, -0.15) is 0 Å². The van der Waals surface area contributed by atoms with Crippen molar-refractivity contribution in [1.82, 2.24) is 24.4 Å². The van der Waals surface area contributed by atoms with E-state index in [1.807, 2.05) is 0 Å². The van der Waals surface area contributed by atoms with Crippen molar-refractivity contribution in [2.75, 3.05) is 34.4 Å². The Labute approximate surface area is 305 Å². The highest BCUT2D eigenvalue weighted by molar-refractivity contribution is 7.61. The number of nitrogens with zero attached hydrogens (tertiary/aromatic N) is 3. The van der Waals surface area contributed by atoms with Crippen LogP contribution in [0.15, 0.2) is 64.3 Å². The largest absolute Gasteiger partial charge is 0.483 e. The van der Waals surface area contributed by atoms with Crippen molar-refractivity contribution in [3.8, 4) is 5.75 Å². The number of methoxy groups -OCH3 is 1. The van der Waals surface area contributed by atoms with Crippen LogP contribution in [-0.2, 0) is 44.6 Å². The first-order chi connectivity index (χ1) is 24.8. The molecular formula is C33H47FN5O13P. The number of hydrogen-bond acceptors (Lipinski definition) is 14. The molecule has 20 heteroatoms. The minimum Gasteiger partial charge on any atom is -0.483 e. The summed E-state index contributed by atoms with van der Waals surface area (Å²) in [5, 5.41) is 15.8. The number of benzene rings is 1. The van der Waals surface area contributed by atoms with Gasteiger partial charge < -0.3 is 43.5 Å². The first kappa shape index (κ1) is 42.9. The average Bonchev–Trinajstić information content (AvgIpc) is 3.31. The van der Waals surface area contributed by atoms with Crippen molar-refractivity contribution < 1.29 is 56.7 Å². The third-order valence-corrected chi connectivity index (χ3v) is 9.80. The van der Waals surface area contributed by atoms with E-state index in [1.54, 1.807) is 51.0 Å². The van der Waals surface area contributed by atoms with Crippen LogP contribution >= 0.6 is 7.52 Å². The summed E-state index contributed by atoms with van der Waals surface area (Å²) >= 11 is 0. The lowest BCUT2D eigenvalue weighted by atomic mass is 9.98. The number of nitrogens with one attached hydrogen (secondary N) is 2. The number of esters is 2. The fourth-order valence-corrected chi connectivity index (χ4v) is 6.51. The number of carbonyl (C=O) groups is 3. The van der Waals surface area contributed by atoms with Crippen LogP contribution in [0.4, 0.5) is 9.18 Å². The van der Waals surface area contributed by atoms with Gasteiger partial charge in [0.15, 0.2) is 18.6 Å². The number of alkyl halides is 1. The number of carbonyl (C=O) groups excluding carboxylic acids is 3. The van der Waals surface area contributed by atoms with Crippen molar-refractivity contribution in [3.05, 3.63) is 75.5 Å². The van der Waals surface area contributed by atoms with Crippen LogP contribution in [0.2, 0.25) is 0 Å². The Hall–Kier alpha value is -4.55. The van der Waals surface area contributed by atoms with E-state index < -0.39 is 97.9 Å². The monoisotopic (exact) mass is 771 g/mol. The highest BCUT2D eigenvalue weighted by Crippen LogP contribution is 2.51. The molecule has 1 unspecified atom stereocenters. The summed E-state index contributed by atoms with van der Waals surface area (Å²) in [6.45, 7) is 8.12. The van der Waals surface area contributed by atoms with Gasteiger partial charge in [0.2, 0.25) is 5.50 Å². The fourth-order valence-electron chi connectivity index (χ4n) is 4.93. The van der Waals surface area contributed by atoms with Gasteiger partial charge in [-0.05, 0) is 66.9 Å². The Morgan fingerprint density at radius 2 is 1.77 bits per heavy atom. The van der Waals surface area contributed by atoms with Crippen LogP contribution in [0.1, 0.15) is 40.3 Å². The Morgan fingerprint density at radius 3 is 2.38 bits per heavy atom. The van der Waals surface area contributed by atoms with Crippen LogP contribution in [0.3, 0.4) is 0 Å². The van der Waals surface area contributed by atoms with E-state index in [1.165, 1.54) is 19.1 Å². The molecule has 0 radical (unpaired) electrons. The van der Waals surface area contributed by atoms with Crippen molar-refractivity contribution >= 4 is 25.6 Å². The van der Waals surface area contributed by atoms with Gasteiger partial charge in [0, 0.05) is 18.8 Å². The zero-order valence-corrected chi connectivity index (χ0v) is 31.4. The fraction of sp³-hybridized carbons (Fsp3) is 0.545. The van der Waals surface area contributed by atoms with E-state index in [9.17, 15) is 33.6 Å². The molecular weight excluding hydrogens is 724 g/mol. The number of aromatic nitrogens is 2. The lowest BCUT2D eigenvalue weighted by Gasteiger charge is -2.26. The molecule has 2 heterocycles. The summed E-state index contributed by atoms with van der Waals surface area (Å²) < 4.78 is 63.4. The Kier molecular flexibility index (Phi) is 14.9. The van der Waals surface area contributed by atoms with Crippen LogP contribution in [-0.4, -0.2) is 108 Å². The van der Waals surface area contributed by atoms with Crippen LogP contribution in [0.5, 0.6) is 5.75 Å². The van der Waals surface area contributed by atoms with Gasteiger partial charge in [-0.3, -0.25) is 18.7 Å². The van der Waals surface area contributed by atoms with Gasteiger partial charge in [0.25, 0.3) is 5.56 Å². The number of hydrogen-bond donors (Lipinski definition) is 3. The number of para-hydroxylation sites is 1. The molecule has 0 saturated carbocycles. The molecule has 2 aromatic rings. The van der Waals surface area contributed by atoms with E-state index in [0.717, 1.165) is 26.3 Å². The number of aliphatic hydroxyl groups is 1. The molecule has 1 amide bonds. The molecule has 3 rings (SSSR count). The second-order valence-electron chi connectivity index (χ2n) is 12.8. The molecule has 53 heavy (non-hydrogen) atoms. The number of rotatable bonds is 18. The molecule has 3 N–H and O–H groups in total. The predicted octanol–water partition coefficient (Wildman–Crippen LogP) is 1.86. The Morgan fingerprint density at radius 1 is 1.11 bits per heavy atom. The standard InChI is InChI=1S/C33H47FN5O13P/c1-20(2)50-28(42)21(3)36-53(46,52-23-12-10-9-11-13-23)22(4)48-18-25-27(41)33(5,34)30(51-25)38-17-15-26(40)39(32(38)45)19-49-29(43)24(14-16-37(6)7)35-31(44)47-8/h9-13,15,17,20-21,24-25,27,30,41H,4,14,16,18-19H2,1-3,5-8H3,(H,35,44)(H,36,46)/t21-,24-,25+,27+,30+,33+,53?/m0/s1. The molecule has 1 aliphatic heterocycles. The third kappa shape index (κ3) is 11.2. The SMILES string of the molecule is C=C(OC[C@H]1O[C@@H](n2ccc(=O)n(COC(=O)[C@H](CCN(C)C)NC(=O)OC)c2=O)[C@](C)(F)[C@@H]1O)P(=O)(N[C@@H](C)C(=O)OC(C)C)Oc1ccccc1. The van der Waals surface area contributed by atoms with Gasteiger partial charge in [-0.1, -0.05) is 18.2 Å². The number of aliphatic hydroxyl groups excluding tert-OH is 1. The second-order valence-corrected chi connectivity index (χ2v) is 14.8. The van der Waals surface area contributed by atoms with Crippen molar-refractivity contribution in [2.24, 2.45) is 0 Å². The summed E-state index contributed by atoms with van der Waals surface area (Å²) in [6.07, 6.45) is -5.59. The van der Waals surface area contributed by atoms with Crippen molar-refractivity contribution in [3.63, 3.8) is 0 Å². The molecule has 1 aliphatic rings. The minimum atomic E-state index is -4.30. The molecule has 0 spiro atoms. The molecule has 0 bridgehead atoms. The van der Waals surface area contributed by atoms with Gasteiger partial charge >= 0.3 is 31.2 Å². The lowest BCUT2D eigenvalue weighted by molar-refractivity contribution is -0.151. The average molecular weight is 772 g/mol. The molecule has 1 saturated heterocycles. The first-order valence-corrected chi connectivity index (χ1v) is 18.1. The van der Waals surface area contributed by atoms with E-state index >= 15 is 4.39 Å². The maximum absolute atomic E-state index is 16.2. The van der Waals surface area contributed by atoms with Crippen LogP contribution in [0, 0.1) is 0 Å². The summed E-state index contributed by atoms with van der Waals surface area (Å²) in [6, 6.07) is 6.48. The van der Waals surface area contributed by atoms with E-state index in [-0.39, 0.29) is 12.2 Å². The third-order valence-electron chi connectivity index (χ3n) is 7.82. The van der Waals surface area contributed by atoms with Gasteiger partial charge in [-0.25, -0.2) is 28.4 Å². The predicted molar refractivity (Wildman–Crippen MR) is 187 cm³/mol. The van der Waals surface area contributed by atoms with E-state index in [0.29, 0.717) is 15.7 Å². The summed E-state index contributed by atoms with van der Waals surface area (Å²) in [4.78, 5) is 65.0. The molecule has 1 aromatic heterocycles. The minimum absolute atomic E-state index is 0.104. The quantitative estimate of drug-likeness (QED) is 0.0854. The molecule has 0 aliphatic carbocycles. The molecule has 294 valence electrons. The highest BCUT2D eigenvalue weighted by atomic mass is 31.2. The van der Waals surface area contributed by atoms with Crippen molar-refractivity contribution in [2.45, 2.75) is 83.1 Å². The van der Waals surface area contributed by atoms with Crippen LogP contribution in [0.25, 0.3) is 0 Å². The smallest absolute Gasteiger partial charge is 0.407 e. The van der Waals surface area contributed by atoms with E-state index in [4.69, 9.17) is 23.5 Å². The summed E-state index contributed by atoms with van der Waals surface area (Å²) in [5.74, 6) is -1.58. The topological polar surface area (TPSA) is 215 Å². The van der Waals surface area contributed by atoms with E-state index in [2.05, 4.69) is 21.7 Å². The molecule has 1 fully saturated rings. The second kappa shape index (κ2) is 18.5. The lowest BCUT2D eigenvalue weighted by Crippen LogP contribution is -2.47. The summed E-state index contributed by atoms with van der Waals surface area (Å²) in [7, 11) is 0.293. The van der Waals surface area contributed by atoms with Crippen molar-refractivity contribution in [1.29, 1.82) is 0 Å². The Bertz CT molecular complexity index is 1770. The first-order valence-electron chi connectivity index (χ1n) is 16.5. The maximum Gasteiger partial charge on any atom is 0.407 e. The van der Waals surface area contributed by atoms with Gasteiger partial charge in [0.05, 0.1) is 13.2 Å². The zero-order valence-electron chi connectivity index (χ0n) is 30.6. The van der Waals surface area contributed by atoms with Gasteiger partial charge in [-0.15, -0.1) is 0 Å². The summed E-state index contributed by atoms with van der Waals surface area (Å²) in [5.41, 5.74) is -5.25. The molecule has 18 nitrogen and oxygen atoms in total. The normalized spacial score (nSPS) is 22.0. The molecule has 1 aromatic carbocycles. The number of ether oxygens (including phenoxy) is 5. The van der Waals surface area contributed by atoms with Gasteiger partial charge in [0.1, 0.15) is 36.6 Å².